The number of hydrogen-bond acceptors (Lipinski definition) is 1. The lowest BCUT2D eigenvalue weighted by atomic mass is 9.81. The molecular formula is C17H29N. The molecule has 3 atom stereocenters. The van der Waals surface area contributed by atoms with Gasteiger partial charge in [0.25, 0.3) is 0 Å². The van der Waals surface area contributed by atoms with Gasteiger partial charge in [0.1, 0.15) is 0 Å². The number of fused-ring (bicyclic) bond motifs is 2. The first-order valence-corrected chi connectivity index (χ1v) is 8.20. The minimum absolute atomic E-state index is 0.915. The van der Waals surface area contributed by atoms with Gasteiger partial charge in [0.15, 0.2) is 0 Å². The van der Waals surface area contributed by atoms with E-state index >= 15 is 0 Å². The topological polar surface area (TPSA) is 12.0 Å². The molecule has 102 valence electrons. The van der Waals surface area contributed by atoms with Crippen molar-refractivity contribution in [1.29, 1.82) is 0 Å². The van der Waals surface area contributed by atoms with Crippen LogP contribution in [0.3, 0.4) is 0 Å². The van der Waals surface area contributed by atoms with Gasteiger partial charge in [0, 0.05) is 0 Å². The van der Waals surface area contributed by atoms with Crippen LogP contribution in [0.5, 0.6) is 0 Å². The van der Waals surface area contributed by atoms with Gasteiger partial charge >= 0.3 is 0 Å². The van der Waals surface area contributed by atoms with Gasteiger partial charge in [0.2, 0.25) is 0 Å². The molecule has 3 aliphatic rings. The van der Waals surface area contributed by atoms with Crippen molar-refractivity contribution in [3.8, 4) is 0 Å². The van der Waals surface area contributed by atoms with Gasteiger partial charge < -0.3 is 5.32 Å². The van der Waals surface area contributed by atoms with Gasteiger partial charge in [-0.1, -0.05) is 44.8 Å². The van der Waals surface area contributed by atoms with Crippen molar-refractivity contribution in [3.63, 3.8) is 0 Å². The van der Waals surface area contributed by atoms with E-state index in [1.54, 1.807) is 0 Å². The summed E-state index contributed by atoms with van der Waals surface area (Å²) in [6.45, 7) is 4.95. The molecule has 3 aliphatic carbocycles. The van der Waals surface area contributed by atoms with Crippen LogP contribution in [0.2, 0.25) is 0 Å². The number of hydrogen-bond donors (Lipinski definition) is 1. The fourth-order valence-corrected chi connectivity index (χ4v) is 4.34. The summed E-state index contributed by atoms with van der Waals surface area (Å²) in [5.41, 5.74) is 0. The van der Waals surface area contributed by atoms with Gasteiger partial charge in [-0.05, 0) is 61.9 Å². The predicted octanol–water partition coefficient (Wildman–Crippen LogP) is 4.00. The van der Waals surface area contributed by atoms with E-state index in [0.717, 1.165) is 29.6 Å². The van der Waals surface area contributed by atoms with Crippen LogP contribution in [-0.2, 0) is 0 Å². The second kappa shape index (κ2) is 5.77. The van der Waals surface area contributed by atoms with E-state index in [0.29, 0.717) is 0 Å². The molecule has 0 aromatic rings. The Morgan fingerprint density at radius 1 is 1.06 bits per heavy atom. The Kier molecular flexibility index (Phi) is 4.08. The number of rotatable bonds is 5. The lowest BCUT2D eigenvalue weighted by Crippen LogP contribution is -2.28. The van der Waals surface area contributed by atoms with Gasteiger partial charge in [-0.25, -0.2) is 0 Å². The van der Waals surface area contributed by atoms with E-state index < -0.39 is 0 Å². The highest BCUT2D eigenvalue weighted by Gasteiger charge is 2.34. The maximum atomic E-state index is 3.74. The normalized spacial score (nSPS) is 42.6. The molecule has 1 nitrogen and oxygen atoms in total. The maximum Gasteiger partial charge on any atom is -0.00147 e. The quantitative estimate of drug-likeness (QED) is 0.572. The second-order valence-corrected chi connectivity index (χ2v) is 7.16. The van der Waals surface area contributed by atoms with Crippen LogP contribution in [-0.4, -0.2) is 13.1 Å². The molecule has 3 rings (SSSR count). The Morgan fingerprint density at radius 2 is 1.89 bits per heavy atom. The third kappa shape index (κ3) is 2.99. The van der Waals surface area contributed by atoms with Crippen molar-refractivity contribution < 1.29 is 0 Å². The summed E-state index contributed by atoms with van der Waals surface area (Å²) in [5, 5.41) is 3.74. The third-order valence-electron chi connectivity index (χ3n) is 5.69. The van der Waals surface area contributed by atoms with E-state index in [9.17, 15) is 0 Å². The fourth-order valence-electron chi connectivity index (χ4n) is 4.34. The first-order valence-electron chi connectivity index (χ1n) is 8.20. The highest BCUT2D eigenvalue weighted by molar-refractivity contribution is 5.10. The van der Waals surface area contributed by atoms with Gasteiger partial charge in [0.05, 0.1) is 0 Å². The molecular weight excluding hydrogens is 218 g/mol. The van der Waals surface area contributed by atoms with Crippen molar-refractivity contribution >= 4 is 0 Å². The SMILES string of the molecule is CC1CCC(CCNCC2CC3C=CC2C3)CC1. The molecule has 18 heavy (non-hydrogen) atoms. The maximum absolute atomic E-state index is 3.74. The van der Waals surface area contributed by atoms with E-state index in [4.69, 9.17) is 0 Å². The monoisotopic (exact) mass is 247 g/mol. The number of allylic oxidation sites excluding steroid dienone is 2. The first kappa shape index (κ1) is 12.7. The van der Waals surface area contributed by atoms with Crippen LogP contribution in [0.4, 0.5) is 0 Å². The third-order valence-corrected chi connectivity index (χ3v) is 5.69. The molecule has 0 aromatic carbocycles. The van der Waals surface area contributed by atoms with Crippen molar-refractivity contribution in [3.05, 3.63) is 12.2 Å². The Bertz CT molecular complexity index is 288. The Labute approximate surface area is 112 Å². The second-order valence-electron chi connectivity index (χ2n) is 7.16. The minimum Gasteiger partial charge on any atom is -0.316 e. The molecule has 1 heteroatoms. The van der Waals surface area contributed by atoms with Crippen molar-refractivity contribution in [2.24, 2.45) is 29.6 Å². The van der Waals surface area contributed by atoms with Crippen LogP contribution >= 0.6 is 0 Å². The molecule has 0 aliphatic heterocycles. The summed E-state index contributed by atoms with van der Waals surface area (Å²) in [4.78, 5) is 0. The lowest BCUT2D eigenvalue weighted by Gasteiger charge is -2.26. The molecule has 0 radical (unpaired) electrons. The van der Waals surface area contributed by atoms with Crippen LogP contribution < -0.4 is 5.32 Å². The average Bonchev–Trinajstić information content (AvgIpc) is 2.99. The van der Waals surface area contributed by atoms with E-state index in [2.05, 4.69) is 24.4 Å². The smallest absolute Gasteiger partial charge is 0.00147 e. The summed E-state index contributed by atoms with van der Waals surface area (Å²) >= 11 is 0. The zero-order valence-corrected chi connectivity index (χ0v) is 11.9. The summed E-state index contributed by atoms with van der Waals surface area (Å²) < 4.78 is 0. The van der Waals surface area contributed by atoms with Gasteiger partial charge in [-0.15, -0.1) is 0 Å². The molecule has 0 aromatic heterocycles. The zero-order valence-electron chi connectivity index (χ0n) is 11.9. The molecule has 3 unspecified atom stereocenters. The van der Waals surface area contributed by atoms with Gasteiger partial charge in [-0.3, -0.25) is 0 Å². The Morgan fingerprint density at radius 3 is 2.56 bits per heavy atom. The highest BCUT2D eigenvalue weighted by atomic mass is 14.9. The van der Waals surface area contributed by atoms with Crippen molar-refractivity contribution in [2.75, 3.05) is 13.1 Å². The lowest BCUT2D eigenvalue weighted by molar-refractivity contribution is 0.272. The zero-order chi connectivity index (χ0) is 12.4. The van der Waals surface area contributed by atoms with E-state index in [1.165, 1.54) is 58.0 Å². The molecule has 0 spiro atoms. The van der Waals surface area contributed by atoms with Crippen LogP contribution in [0.15, 0.2) is 12.2 Å². The molecule has 2 saturated carbocycles. The predicted molar refractivity (Wildman–Crippen MR) is 77.5 cm³/mol. The summed E-state index contributed by atoms with van der Waals surface area (Å²) in [5.74, 6) is 4.81. The summed E-state index contributed by atoms with van der Waals surface area (Å²) in [6, 6.07) is 0. The number of nitrogens with one attached hydrogen (secondary N) is 1. The first-order chi connectivity index (χ1) is 8.81. The van der Waals surface area contributed by atoms with Gasteiger partial charge in [-0.2, -0.15) is 0 Å². The van der Waals surface area contributed by atoms with E-state index in [-0.39, 0.29) is 0 Å². The Hall–Kier alpha value is -0.300. The molecule has 2 bridgehead atoms. The Balaban J connectivity index is 1.28. The van der Waals surface area contributed by atoms with Crippen LogP contribution in [0, 0.1) is 29.6 Å². The summed E-state index contributed by atoms with van der Waals surface area (Å²) in [6.07, 6.45) is 15.2. The summed E-state index contributed by atoms with van der Waals surface area (Å²) in [7, 11) is 0. The fraction of sp³-hybridized carbons (Fsp3) is 0.882. The molecule has 1 N–H and O–H groups in total. The highest BCUT2D eigenvalue weighted by Crippen LogP contribution is 2.42. The van der Waals surface area contributed by atoms with E-state index in [1.807, 2.05) is 0 Å². The molecule has 2 fully saturated rings. The average molecular weight is 247 g/mol. The van der Waals surface area contributed by atoms with Crippen molar-refractivity contribution in [1.82, 2.24) is 5.32 Å². The molecule has 0 amide bonds. The van der Waals surface area contributed by atoms with Crippen molar-refractivity contribution in [2.45, 2.75) is 51.9 Å². The molecule has 0 saturated heterocycles. The minimum atomic E-state index is 0.915. The van der Waals surface area contributed by atoms with Crippen LogP contribution in [0.25, 0.3) is 0 Å². The van der Waals surface area contributed by atoms with Crippen LogP contribution in [0.1, 0.15) is 51.9 Å². The largest absolute Gasteiger partial charge is 0.316 e. The molecule has 0 heterocycles. The standard InChI is InChI=1S/C17H29N/c1-13-2-4-14(5-3-13)8-9-18-12-17-11-15-6-7-16(17)10-15/h6-7,13-18H,2-5,8-12H2,1H3.